The largest absolute Gasteiger partial charge is 0.506 e. The molecule has 1 atom stereocenters. The summed E-state index contributed by atoms with van der Waals surface area (Å²) in [5, 5.41) is 2.25. The zero-order chi connectivity index (χ0) is 28.5. The number of ether oxygens (including phenoxy) is 2. The highest BCUT2D eigenvalue weighted by atomic mass is 28.4. The van der Waals surface area contributed by atoms with Crippen molar-refractivity contribution in [3.8, 4) is 0 Å². The van der Waals surface area contributed by atoms with Crippen molar-refractivity contribution in [2.24, 2.45) is 0 Å². The molecule has 3 aromatic carbocycles. The van der Waals surface area contributed by atoms with Gasteiger partial charge in [-0.05, 0) is 40.4 Å². The van der Waals surface area contributed by atoms with Gasteiger partial charge in [0.15, 0.2) is 6.20 Å². The van der Waals surface area contributed by atoms with Crippen molar-refractivity contribution in [3.05, 3.63) is 121 Å². The fraction of sp³-hybridized carbons (Fsp3) is 0.353. The monoisotopic (exact) mass is 544 g/mol. The van der Waals surface area contributed by atoms with Gasteiger partial charge in [0, 0.05) is 0 Å². The van der Waals surface area contributed by atoms with Crippen LogP contribution in [0, 0.1) is 0 Å². The van der Waals surface area contributed by atoms with Crippen LogP contribution in [0.4, 0.5) is 0 Å². The number of benzene rings is 3. The molecule has 0 fully saturated rings. The van der Waals surface area contributed by atoms with Gasteiger partial charge < -0.3 is 13.9 Å². The van der Waals surface area contributed by atoms with Crippen molar-refractivity contribution in [3.63, 3.8) is 0 Å². The maximum absolute atomic E-state index is 7.25. The molecule has 4 nitrogen and oxygen atoms in total. The molecule has 0 amide bonds. The Kier molecular flexibility index (Phi) is 10.4. The number of rotatable bonds is 13. The Balaban J connectivity index is 2.02. The summed E-state index contributed by atoms with van der Waals surface area (Å²) in [5.74, 6) is 0.547. The van der Waals surface area contributed by atoms with Crippen molar-refractivity contribution in [2.75, 3.05) is 27.3 Å². The van der Waals surface area contributed by atoms with Crippen LogP contribution in [0.15, 0.2) is 115 Å². The molecule has 0 N–H and O–H groups in total. The third-order valence-corrected chi connectivity index (χ3v) is 12.1. The fourth-order valence-electron chi connectivity index (χ4n) is 5.16. The number of hydrogen-bond donors (Lipinski definition) is 0. The Labute approximate surface area is 237 Å². The molecule has 0 aliphatic carbocycles. The summed E-state index contributed by atoms with van der Waals surface area (Å²) in [5.41, 5.74) is 2.20. The van der Waals surface area contributed by atoms with Gasteiger partial charge in [0.1, 0.15) is 12.6 Å². The molecule has 5 heteroatoms. The van der Waals surface area contributed by atoms with E-state index in [4.69, 9.17) is 13.9 Å². The van der Waals surface area contributed by atoms with Crippen LogP contribution in [0.5, 0.6) is 0 Å². The lowest BCUT2D eigenvalue weighted by Gasteiger charge is -2.43. The maximum atomic E-state index is 7.25. The number of quaternary nitrogens is 1. The Bertz CT molecular complexity index is 1160. The lowest BCUT2D eigenvalue weighted by atomic mass is 10.1. The highest BCUT2D eigenvalue weighted by molar-refractivity contribution is 6.99. The molecule has 0 saturated carbocycles. The molecular weight excluding hydrogens is 498 g/mol. The molecule has 208 valence electrons. The minimum Gasteiger partial charge on any atom is -0.506 e. The van der Waals surface area contributed by atoms with E-state index in [2.05, 4.69) is 127 Å². The van der Waals surface area contributed by atoms with Crippen molar-refractivity contribution in [1.29, 1.82) is 0 Å². The molecule has 39 heavy (non-hydrogen) atoms. The van der Waals surface area contributed by atoms with Crippen LogP contribution in [-0.2, 0) is 20.5 Å². The van der Waals surface area contributed by atoms with Gasteiger partial charge in [0.2, 0.25) is 0 Å². The van der Waals surface area contributed by atoms with E-state index in [1.54, 1.807) is 0 Å². The number of nitrogens with zero attached hydrogens (tertiary/aromatic N) is 1. The summed E-state index contributed by atoms with van der Waals surface area (Å²) in [6, 6.07) is 31.6. The fourth-order valence-corrected chi connectivity index (χ4v) is 9.51. The lowest BCUT2D eigenvalue weighted by Crippen LogP contribution is -2.66. The predicted octanol–water partition coefficient (Wildman–Crippen LogP) is 6.64. The Morgan fingerprint density at radius 3 is 1.79 bits per heavy atom. The minimum atomic E-state index is -2.84. The van der Waals surface area contributed by atoms with Crippen LogP contribution in [0.25, 0.3) is 0 Å². The van der Waals surface area contributed by atoms with Crippen molar-refractivity contribution in [2.45, 2.75) is 52.3 Å². The smallest absolute Gasteiger partial charge is 0.324 e. The first-order chi connectivity index (χ1) is 18.5. The van der Waals surface area contributed by atoms with Crippen LogP contribution in [0.1, 0.15) is 40.2 Å². The highest BCUT2D eigenvalue weighted by Crippen LogP contribution is 2.38. The second-order valence-corrected chi connectivity index (χ2v) is 15.9. The normalized spacial score (nSPS) is 13.6. The average Bonchev–Trinajstić information content (AvgIpc) is 2.90. The lowest BCUT2D eigenvalue weighted by molar-refractivity contribution is -0.861. The molecular formula is C34H46NO3Si+. The van der Waals surface area contributed by atoms with E-state index >= 15 is 0 Å². The summed E-state index contributed by atoms with van der Waals surface area (Å²) in [7, 11) is 1.47. The first-order valence-electron chi connectivity index (χ1n) is 13.8. The predicted molar refractivity (Wildman–Crippen MR) is 165 cm³/mol. The second-order valence-electron chi connectivity index (χ2n) is 11.6. The maximum Gasteiger partial charge on any atom is 0.324 e. The Morgan fingerprint density at radius 2 is 1.36 bits per heavy atom. The molecule has 0 aliphatic rings. The second kappa shape index (κ2) is 13.3. The van der Waals surface area contributed by atoms with E-state index in [0.29, 0.717) is 30.2 Å². The molecule has 1 unspecified atom stereocenters. The minimum absolute atomic E-state index is 0.0203. The van der Waals surface area contributed by atoms with Crippen molar-refractivity contribution >= 4 is 18.7 Å². The van der Waals surface area contributed by atoms with Gasteiger partial charge in [0.25, 0.3) is 0 Å². The van der Waals surface area contributed by atoms with Crippen LogP contribution in [0.3, 0.4) is 0 Å². The van der Waals surface area contributed by atoms with E-state index in [1.165, 1.54) is 10.4 Å². The van der Waals surface area contributed by atoms with E-state index < -0.39 is 8.32 Å². The molecule has 0 radical (unpaired) electrons. The van der Waals surface area contributed by atoms with Gasteiger partial charge in [-0.1, -0.05) is 118 Å². The molecule has 0 heterocycles. The Hall–Kier alpha value is -3.12. The SMILES string of the molecule is C=C(C)C(COCc1ccccc1)[N+](C)(C)/C=C(/OCC)O[Si](c1ccccc1)(c1ccccc1)C(C)(C)C. The van der Waals surface area contributed by atoms with E-state index in [0.717, 1.165) is 11.1 Å². The van der Waals surface area contributed by atoms with Crippen LogP contribution in [0.2, 0.25) is 5.04 Å². The molecule has 3 rings (SSSR count). The first kappa shape index (κ1) is 30.4. The van der Waals surface area contributed by atoms with Crippen molar-refractivity contribution < 1.29 is 18.4 Å². The van der Waals surface area contributed by atoms with E-state index in [1.807, 2.05) is 25.1 Å². The van der Waals surface area contributed by atoms with Crippen LogP contribution < -0.4 is 10.4 Å². The molecule has 3 aromatic rings. The zero-order valence-electron chi connectivity index (χ0n) is 24.8. The summed E-state index contributed by atoms with van der Waals surface area (Å²) in [6.45, 7) is 16.8. The summed E-state index contributed by atoms with van der Waals surface area (Å²) < 4.78 is 20.2. The first-order valence-corrected chi connectivity index (χ1v) is 15.7. The van der Waals surface area contributed by atoms with Gasteiger partial charge in [-0.15, -0.1) is 0 Å². The van der Waals surface area contributed by atoms with Gasteiger partial charge in [-0.3, -0.25) is 4.48 Å². The van der Waals surface area contributed by atoms with Gasteiger partial charge in [0.05, 0.1) is 27.3 Å². The summed E-state index contributed by atoms with van der Waals surface area (Å²) >= 11 is 0. The molecule has 0 aliphatic heterocycles. The highest BCUT2D eigenvalue weighted by Gasteiger charge is 2.53. The molecule has 0 aromatic heterocycles. The van der Waals surface area contributed by atoms with Gasteiger partial charge in [-0.2, -0.15) is 0 Å². The quantitative estimate of drug-likeness (QED) is 0.105. The van der Waals surface area contributed by atoms with Crippen LogP contribution >= 0.6 is 0 Å². The van der Waals surface area contributed by atoms with Crippen LogP contribution in [-0.4, -0.2) is 46.2 Å². The average molecular weight is 545 g/mol. The van der Waals surface area contributed by atoms with E-state index in [9.17, 15) is 0 Å². The van der Waals surface area contributed by atoms with Crippen molar-refractivity contribution in [1.82, 2.24) is 0 Å². The van der Waals surface area contributed by atoms with E-state index in [-0.39, 0.29) is 11.1 Å². The van der Waals surface area contributed by atoms with Gasteiger partial charge >= 0.3 is 14.3 Å². The Morgan fingerprint density at radius 1 is 0.872 bits per heavy atom. The summed E-state index contributed by atoms with van der Waals surface area (Å²) in [4.78, 5) is 0. The third-order valence-electron chi connectivity index (χ3n) is 7.15. The topological polar surface area (TPSA) is 27.7 Å². The third kappa shape index (κ3) is 7.50. The molecule has 0 bridgehead atoms. The number of likely N-dealkylation sites (N-methyl/N-ethyl adjacent to an activating group) is 1. The molecule has 0 spiro atoms. The molecule has 0 saturated heterocycles. The zero-order valence-corrected chi connectivity index (χ0v) is 25.8. The number of hydrogen-bond acceptors (Lipinski definition) is 3. The summed E-state index contributed by atoms with van der Waals surface area (Å²) in [6.07, 6.45) is 2.09. The van der Waals surface area contributed by atoms with Gasteiger partial charge in [-0.25, -0.2) is 0 Å². The standard InChI is InChI=1S/C34H46NO3Si/c1-9-37-33(25-35(7,8)32(28(2)3)27-36-26-29-19-13-10-14-20-29)38-39(34(4,5)6,30-21-15-11-16-22-30)31-23-17-12-18-24-31/h10-25,32H,2,9,26-27H2,1,3-8H3/q+1/b33-25-.